The molecule has 3 aromatic rings. The zero-order valence-electron chi connectivity index (χ0n) is 15.4. The van der Waals surface area contributed by atoms with Crippen LogP contribution < -0.4 is 16.4 Å². The minimum atomic E-state index is -0.424. The fourth-order valence-electron chi connectivity index (χ4n) is 2.66. The van der Waals surface area contributed by atoms with Gasteiger partial charge in [-0.05, 0) is 57.9 Å². The molecule has 0 radical (unpaired) electrons. The number of aromatic nitrogens is 2. The van der Waals surface area contributed by atoms with E-state index in [9.17, 15) is 14.0 Å². The van der Waals surface area contributed by atoms with Crippen molar-refractivity contribution < 1.29 is 14.0 Å². The average molecular weight is 458 g/mol. The van der Waals surface area contributed by atoms with Gasteiger partial charge in [-0.3, -0.25) is 9.59 Å². The van der Waals surface area contributed by atoms with Crippen molar-refractivity contribution in [1.29, 1.82) is 0 Å². The summed E-state index contributed by atoms with van der Waals surface area (Å²) in [5, 5.41) is 5.18. The highest BCUT2D eigenvalue weighted by Gasteiger charge is 2.14. The monoisotopic (exact) mass is 457 g/mol. The van der Waals surface area contributed by atoms with E-state index >= 15 is 0 Å². The average Bonchev–Trinajstić information content (AvgIpc) is 2.73. The lowest BCUT2D eigenvalue weighted by Crippen LogP contribution is -2.19. The molecule has 0 saturated carbocycles. The van der Waals surface area contributed by atoms with Gasteiger partial charge >= 0.3 is 0 Å². The summed E-state index contributed by atoms with van der Waals surface area (Å²) in [6, 6.07) is 10.4. The quantitative estimate of drug-likeness (QED) is 0.509. The van der Waals surface area contributed by atoms with Crippen molar-refractivity contribution in [2.45, 2.75) is 6.54 Å². The highest BCUT2D eigenvalue weighted by Crippen LogP contribution is 2.26. The third-order valence-electron chi connectivity index (χ3n) is 4.11. The molecular weight excluding hydrogens is 441 g/mol. The van der Waals surface area contributed by atoms with E-state index in [-0.39, 0.29) is 18.1 Å². The minimum absolute atomic E-state index is 0.203. The molecule has 0 aliphatic carbocycles. The van der Waals surface area contributed by atoms with Gasteiger partial charge in [-0.15, -0.1) is 0 Å². The highest BCUT2D eigenvalue weighted by molar-refractivity contribution is 9.10. The summed E-state index contributed by atoms with van der Waals surface area (Å²) in [5.74, 6) is -1.15. The Morgan fingerprint density at radius 3 is 2.59 bits per heavy atom. The van der Waals surface area contributed by atoms with Crippen molar-refractivity contribution in [3.8, 4) is 11.3 Å². The molecule has 0 aliphatic heterocycles. The molecule has 2 amide bonds. The molecule has 0 unspecified atom stereocenters. The second-order valence-electron chi connectivity index (χ2n) is 6.03. The Kier molecular flexibility index (Phi) is 6.30. The Bertz CT molecular complexity index is 1070. The number of nitrogens with one attached hydrogen (secondary N) is 2. The maximum Gasteiger partial charge on any atom is 0.269 e. The molecule has 0 bridgehead atoms. The Morgan fingerprint density at radius 2 is 1.93 bits per heavy atom. The van der Waals surface area contributed by atoms with E-state index < -0.39 is 11.7 Å². The summed E-state index contributed by atoms with van der Waals surface area (Å²) < 4.78 is 14.2. The summed E-state index contributed by atoms with van der Waals surface area (Å²) in [6.45, 7) is 0.203. The lowest BCUT2D eigenvalue weighted by molar-refractivity contribution is 0.0957. The van der Waals surface area contributed by atoms with Crippen molar-refractivity contribution in [2.75, 3.05) is 12.4 Å². The number of hydrogen-bond donors (Lipinski definition) is 3. The van der Waals surface area contributed by atoms with Crippen molar-refractivity contribution in [2.24, 2.45) is 5.73 Å². The van der Waals surface area contributed by atoms with Crippen LogP contribution in [0.3, 0.4) is 0 Å². The van der Waals surface area contributed by atoms with Crippen molar-refractivity contribution in [1.82, 2.24) is 15.3 Å². The number of nitrogens with two attached hydrogens (primary N) is 1. The molecule has 4 N–H and O–H groups in total. The van der Waals surface area contributed by atoms with Crippen molar-refractivity contribution in [3.05, 3.63) is 75.9 Å². The third kappa shape index (κ3) is 4.82. The van der Waals surface area contributed by atoms with Gasteiger partial charge in [0.25, 0.3) is 11.8 Å². The van der Waals surface area contributed by atoms with Gasteiger partial charge in [0, 0.05) is 24.7 Å². The zero-order chi connectivity index (χ0) is 21.0. The number of carbonyl (C=O) groups excluding carboxylic acids is 2. The van der Waals surface area contributed by atoms with E-state index in [2.05, 4.69) is 36.5 Å². The van der Waals surface area contributed by atoms with E-state index in [0.29, 0.717) is 32.7 Å². The number of halogens is 2. The van der Waals surface area contributed by atoms with Crippen LogP contribution in [-0.2, 0) is 6.54 Å². The molecule has 0 atom stereocenters. The van der Waals surface area contributed by atoms with Crippen LogP contribution in [0.1, 0.15) is 26.4 Å². The van der Waals surface area contributed by atoms with Gasteiger partial charge in [-0.25, -0.2) is 14.4 Å². The lowest BCUT2D eigenvalue weighted by Gasteiger charge is -2.11. The first-order valence-corrected chi connectivity index (χ1v) is 9.36. The number of hydrogen-bond acceptors (Lipinski definition) is 5. The molecule has 7 nitrogen and oxygen atoms in total. The number of amides is 2. The Labute approximate surface area is 174 Å². The minimum Gasteiger partial charge on any atom is -0.354 e. The van der Waals surface area contributed by atoms with E-state index in [1.54, 1.807) is 24.3 Å². The van der Waals surface area contributed by atoms with Crippen LogP contribution in [0.4, 0.5) is 10.1 Å². The fraction of sp³-hybridized carbons (Fsp3) is 0.100. The number of pyridine rings is 2. The first kappa shape index (κ1) is 20.6. The summed E-state index contributed by atoms with van der Waals surface area (Å²) in [7, 11) is 1.51. The van der Waals surface area contributed by atoms with Crippen LogP contribution in [0.5, 0.6) is 0 Å². The van der Waals surface area contributed by atoms with Crippen molar-refractivity contribution in [3.63, 3.8) is 0 Å². The van der Waals surface area contributed by atoms with Gasteiger partial charge in [-0.2, -0.15) is 0 Å². The third-order valence-corrected chi connectivity index (χ3v) is 4.51. The van der Waals surface area contributed by atoms with Crippen LogP contribution in [-0.4, -0.2) is 28.8 Å². The number of carbonyl (C=O) groups is 2. The van der Waals surface area contributed by atoms with Crippen LogP contribution >= 0.6 is 15.9 Å². The van der Waals surface area contributed by atoms with E-state index in [1.807, 2.05) is 0 Å². The predicted octanol–water partition coefficient (Wildman–Crippen LogP) is 3.12. The summed E-state index contributed by atoms with van der Waals surface area (Å²) >= 11 is 3.29. The Morgan fingerprint density at radius 1 is 1.14 bits per heavy atom. The number of rotatable bonds is 5. The highest BCUT2D eigenvalue weighted by atomic mass is 79.9. The van der Waals surface area contributed by atoms with E-state index in [4.69, 9.17) is 5.73 Å². The molecular formula is C20H17BrFN5O2. The molecule has 0 saturated heterocycles. The van der Waals surface area contributed by atoms with Crippen LogP contribution in [0.2, 0.25) is 0 Å². The SMILES string of the molecule is CNC(=O)c1ccc(NC(=O)c2cc(Br)nc(-c3cc(F)ccc3CN)c2)cn1. The standard InChI is InChI=1S/C20H17BrFN5O2/c1-24-20(29)16-5-4-14(10-25-16)26-19(28)12-6-17(27-18(21)7-12)15-8-13(22)3-2-11(15)9-23/h2-8,10H,9,23H2,1H3,(H,24,29)(H,26,28). The van der Waals surface area contributed by atoms with E-state index in [0.717, 1.165) is 0 Å². The molecule has 148 valence electrons. The molecule has 29 heavy (non-hydrogen) atoms. The molecule has 0 spiro atoms. The number of nitrogens with zero attached hydrogens (tertiary/aromatic N) is 2. The zero-order valence-corrected chi connectivity index (χ0v) is 17.0. The topological polar surface area (TPSA) is 110 Å². The van der Waals surface area contributed by atoms with Gasteiger partial charge in [-0.1, -0.05) is 6.07 Å². The van der Waals surface area contributed by atoms with Crippen LogP contribution in [0.25, 0.3) is 11.3 Å². The maximum atomic E-state index is 13.7. The normalized spacial score (nSPS) is 10.5. The molecule has 3 rings (SSSR count). The molecule has 0 aliphatic rings. The first-order chi connectivity index (χ1) is 13.9. The largest absolute Gasteiger partial charge is 0.354 e. The maximum absolute atomic E-state index is 13.7. The first-order valence-electron chi connectivity index (χ1n) is 8.57. The second-order valence-corrected chi connectivity index (χ2v) is 6.85. The van der Waals surface area contributed by atoms with Crippen LogP contribution in [0, 0.1) is 5.82 Å². The molecule has 0 fully saturated rings. The smallest absolute Gasteiger partial charge is 0.269 e. The number of anilines is 1. The van der Waals surface area contributed by atoms with Gasteiger partial charge < -0.3 is 16.4 Å². The van der Waals surface area contributed by atoms with E-state index in [1.165, 1.54) is 31.4 Å². The number of benzene rings is 1. The fourth-order valence-corrected chi connectivity index (χ4v) is 3.10. The lowest BCUT2D eigenvalue weighted by atomic mass is 10.0. The van der Waals surface area contributed by atoms with Crippen molar-refractivity contribution >= 4 is 33.4 Å². The molecule has 2 aromatic heterocycles. The second kappa shape index (κ2) is 8.89. The van der Waals surface area contributed by atoms with Gasteiger partial charge in [0.05, 0.1) is 17.6 Å². The van der Waals surface area contributed by atoms with Gasteiger partial charge in [0.2, 0.25) is 0 Å². The molecule has 2 heterocycles. The summed E-state index contributed by atoms with van der Waals surface area (Å²) in [5.41, 5.74) is 8.34. The summed E-state index contributed by atoms with van der Waals surface area (Å²) in [4.78, 5) is 32.6. The summed E-state index contributed by atoms with van der Waals surface area (Å²) in [6.07, 6.45) is 1.39. The van der Waals surface area contributed by atoms with Gasteiger partial charge in [0.15, 0.2) is 0 Å². The van der Waals surface area contributed by atoms with Gasteiger partial charge in [0.1, 0.15) is 16.1 Å². The Hall–Kier alpha value is -3.17. The molecule has 1 aromatic carbocycles. The van der Waals surface area contributed by atoms with Crippen LogP contribution in [0.15, 0.2) is 53.3 Å². The predicted molar refractivity (Wildman–Crippen MR) is 111 cm³/mol. The molecule has 9 heteroatoms. The Balaban J connectivity index is 1.89.